The van der Waals surface area contributed by atoms with E-state index in [1.165, 1.54) is 195 Å². The third kappa shape index (κ3) is 15.9. The molecule has 23 heteroatoms. The number of rotatable bonds is 16. The normalized spacial score (nSPS) is 46.3. The summed E-state index contributed by atoms with van der Waals surface area (Å²) in [5.41, 5.74) is 2.70. The lowest BCUT2D eigenvalue weighted by Crippen LogP contribution is -2.52. The van der Waals surface area contributed by atoms with Crippen LogP contribution in [0.5, 0.6) is 0 Å². The number of aliphatic hydroxyl groups is 4. The highest BCUT2D eigenvalue weighted by molar-refractivity contribution is 5.21. The van der Waals surface area contributed by atoms with Gasteiger partial charge in [0.25, 0.3) is 6.43 Å². The molecule has 32 atom stereocenters. The Bertz CT molecular complexity index is 4060. The molecule has 0 aliphatic heterocycles. The van der Waals surface area contributed by atoms with Crippen LogP contribution >= 0.6 is 0 Å². The number of halogens is 3. The van der Waals surface area contributed by atoms with Gasteiger partial charge in [-0.15, -0.1) is 30.6 Å². The van der Waals surface area contributed by atoms with Crippen molar-refractivity contribution < 1.29 is 38.3 Å². The molecule has 0 unspecified atom stereocenters. The Labute approximate surface area is 695 Å². The van der Waals surface area contributed by atoms with Gasteiger partial charge in [0.15, 0.2) is 19.0 Å². The largest absolute Gasteiger partial charge is 0.390 e. The fourth-order valence-corrected chi connectivity index (χ4v) is 33.6. The van der Waals surface area contributed by atoms with E-state index in [1.54, 1.807) is 38.7 Å². The molecule has 16 saturated carbocycles. The van der Waals surface area contributed by atoms with Gasteiger partial charge in [-0.1, -0.05) is 76.3 Å². The number of alkyl halides is 3. The first kappa shape index (κ1) is 84.1. The predicted octanol–water partition coefficient (Wildman–Crippen LogP) is 17.4. The molecule has 20 rings (SSSR count). The Hall–Kier alpha value is -5.10. The highest BCUT2D eigenvalue weighted by Gasteiger charge is 2.64. The zero-order valence-electron chi connectivity index (χ0n) is 71.9. The smallest absolute Gasteiger partial charge is 0.266 e. The molecule has 4 heterocycles. The lowest BCUT2D eigenvalue weighted by atomic mass is 9.48. The molecule has 117 heavy (non-hydrogen) atoms. The van der Waals surface area contributed by atoms with Crippen LogP contribution in [0.2, 0.25) is 0 Å². The van der Waals surface area contributed by atoms with E-state index in [1.807, 2.05) is 0 Å². The number of allylic oxidation sites excluding steroid dienone is 4. The van der Waals surface area contributed by atoms with Crippen molar-refractivity contribution in [3.8, 4) is 0 Å². The summed E-state index contributed by atoms with van der Waals surface area (Å²) in [4.78, 5) is 6.76. The molecule has 0 radical (unpaired) electrons. The number of fused-ring (bicyclic) bond motifs is 20. The molecule has 16 aliphatic rings. The summed E-state index contributed by atoms with van der Waals surface area (Å²) in [7, 11) is 1.71. The van der Waals surface area contributed by atoms with Gasteiger partial charge in [0.05, 0.1) is 62.0 Å². The number of methoxy groups -OCH3 is 1. The molecule has 4 N–H and O–H groups in total. The molecule has 16 aliphatic carbocycles. The van der Waals surface area contributed by atoms with E-state index in [0.717, 1.165) is 122 Å². The van der Waals surface area contributed by atoms with Crippen molar-refractivity contribution in [1.82, 2.24) is 75.6 Å². The molecule has 0 spiro atoms. The van der Waals surface area contributed by atoms with Crippen molar-refractivity contribution in [2.24, 2.45) is 164 Å². The zero-order valence-corrected chi connectivity index (χ0v) is 71.9. The SMILES string of the molecule is C=C(Cn1nccn1)[C@H]1CC[C@H]2[C@@H]3CC[C@@H]4C[C@@](O)(C(F)F)CC[C@@H]4[C@H]3CC[C@]12C.C=C(Cn1ncnn1)[C@H]1CC[C@H]2[C@@H]3CC[C@@H]4C[C@@](O)(CF)CC[C@@H]4[C@H]3CC[C@]12C.C=C(Cn1ncnn1)[C@H]1CC[C@H]2[C@@H]3CC[C@@H]4C[C@@](O)(COC)CC[C@@H]4[C@H]3CC[C@]12C.C=C(Cn1ncnn1)[C@H]1CC[C@H]2[C@@H]3CC[C@@H]4C[C@](C)(O)CC[C@@H]4[C@H]3CC[C@]12C. The number of tetrazole rings is 3. The maximum atomic E-state index is 13.4. The van der Waals surface area contributed by atoms with Crippen molar-refractivity contribution in [3.05, 3.63) is 80.0 Å². The van der Waals surface area contributed by atoms with Crippen LogP contribution in [0.25, 0.3) is 0 Å². The Morgan fingerprint density at radius 3 is 1.03 bits per heavy atom. The number of hydrogen-bond acceptors (Lipinski definition) is 16. The van der Waals surface area contributed by atoms with E-state index in [2.05, 4.69) is 117 Å². The Morgan fingerprint density at radius 1 is 0.368 bits per heavy atom. The minimum Gasteiger partial charge on any atom is -0.390 e. The van der Waals surface area contributed by atoms with E-state index in [4.69, 9.17) is 4.74 Å². The highest BCUT2D eigenvalue weighted by atomic mass is 19.3. The second-order valence-corrected chi connectivity index (χ2v) is 43.9. The average Bonchev–Trinajstić information content (AvgIpc) is 1.65. The molecule has 646 valence electrons. The van der Waals surface area contributed by atoms with Crippen LogP contribution in [0.1, 0.15) is 266 Å². The quantitative estimate of drug-likeness (QED) is 0.0761. The highest BCUT2D eigenvalue weighted by Crippen LogP contribution is 2.71. The summed E-state index contributed by atoms with van der Waals surface area (Å²) in [6.07, 6.45) is 45.9. The summed E-state index contributed by atoms with van der Waals surface area (Å²) in [6.45, 7) is 32.7. The minimum atomic E-state index is -2.61. The van der Waals surface area contributed by atoms with Crippen molar-refractivity contribution in [2.75, 3.05) is 20.4 Å². The average molecular weight is 1620 g/mol. The van der Waals surface area contributed by atoms with Gasteiger partial charge < -0.3 is 25.2 Å². The fourth-order valence-electron chi connectivity index (χ4n) is 33.6. The molecule has 0 bridgehead atoms. The first-order chi connectivity index (χ1) is 56.1. The molecule has 0 amide bonds. The van der Waals surface area contributed by atoms with Gasteiger partial charge in [-0.25, -0.2) is 13.2 Å². The molecular weight excluding hydrogens is 1480 g/mol. The van der Waals surface area contributed by atoms with E-state index in [0.29, 0.717) is 133 Å². The summed E-state index contributed by atoms with van der Waals surface area (Å²) in [5.74, 6) is 17.0. The summed E-state index contributed by atoms with van der Waals surface area (Å²) in [6, 6.07) is 0. The Morgan fingerprint density at radius 2 is 0.684 bits per heavy atom. The number of nitrogens with zero attached hydrogens (tertiary/aromatic N) is 15. The number of aromatic nitrogens is 15. The van der Waals surface area contributed by atoms with Gasteiger partial charge in [-0.05, 0) is 417 Å². The van der Waals surface area contributed by atoms with Gasteiger partial charge in [-0.3, -0.25) is 0 Å². The van der Waals surface area contributed by atoms with Crippen LogP contribution in [-0.2, 0) is 30.9 Å². The summed E-state index contributed by atoms with van der Waals surface area (Å²) >= 11 is 0. The van der Waals surface area contributed by atoms with E-state index in [-0.39, 0.29) is 17.8 Å². The Balaban J connectivity index is 0.000000112. The van der Waals surface area contributed by atoms with Crippen LogP contribution in [0, 0.1) is 164 Å². The third-order valence-corrected chi connectivity index (χ3v) is 38.5. The molecule has 0 aromatic carbocycles. The monoisotopic (exact) mass is 1620 g/mol. The van der Waals surface area contributed by atoms with Crippen molar-refractivity contribution in [1.29, 1.82) is 0 Å². The number of ether oxygens (including phenoxy) is 1. The minimum absolute atomic E-state index is 0.271. The topological polar surface area (TPSA) is 252 Å². The van der Waals surface area contributed by atoms with E-state index in [9.17, 15) is 33.6 Å². The molecular formula is C94H144F3N15O5. The molecule has 16 fully saturated rings. The van der Waals surface area contributed by atoms with Crippen LogP contribution in [0.15, 0.2) is 80.0 Å². The fraction of sp³-hybridized carbons (Fsp3) is 0.862. The van der Waals surface area contributed by atoms with Crippen molar-refractivity contribution in [3.63, 3.8) is 0 Å². The van der Waals surface area contributed by atoms with Crippen LogP contribution in [0.4, 0.5) is 13.2 Å². The lowest BCUT2D eigenvalue weighted by Gasteiger charge is -2.57. The van der Waals surface area contributed by atoms with E-state index >= 15 is 0 Å². The van der Waals surface area contributed by atoms with Crippen LogP contribution < -0.4 is 0 Å². The van der Waals surface area contributed by atoms with E-state index < -0.39 is 35.5 Å². The van der Waals surface area contributed by atoms with Gasteiger partial charge in [0.1, 0.15) is 12.3 Å². The summed E-state index contributed by atoms with van der Waals surface area (Å²) in [5, 5.41) is 87.2. The molecule has 20 nitrogen and oxygen atoms in total. The second kappa shape index (κ2) is 33.2. The Kier molecular flexibility index (Phi) is 23.9. The second-order valence-electron chi connectivity index (χ2n) is 43.9. The first-order valence-corrected chi connectivity index (χ1v) is 47.0. The van der Waals surface area contributed by atoms with Crippen molar-refractivity contribution in [2.45, 2.75) is 321 Å². The molecule has 0 saturated heterocycles. The van der Waals surface area contributed by atoms with Gasteiger partial charge in [0, 0.05) is 7.11 Å². The lowest BCUT2D eigenvalue weighted by molar-refractivity contribution is -0.159. The maximum Gasteiger partial charge on any atom is 0.266 e. The summed E-state index contributed by atoms with van der Waals surface area (Å²) < 4.78 is 45.5. The third-order valence-electron chi connectivity index (χ3n) is 38.5. The predicted molar refractivity (Wildman–Crippen MR) is 442 cm³/mol. The van der Waals surface area contributed by atoms with Crippen LogP contribution in [0.3, 0.4) is 0 Å². The number of hydrogen-bond donors (Lipinski definition) is 4. The van der Waals surface area contributed by atoms with Gasteiger partial charge >= 0.3 is 0 Å². The van der Waals surface area contributed by atoms with Crippen LogP contribution in [-0.4, -0.2) is 145 Å². The van der Waals surface area contributed by atoms with Gasteiger partial charge in [0.2, 0.25) is 0 Å². The zero-order chi connectivity index (χ0) is 81.8. The molecule has 4 aromatic rings. The molecule has 4 aromatic heterocycles. The maximum absolute atomic E-state index is 13.4. The standard InChI is InChI=1S/C24H35F2N3O.C24H38N4O2.C23H35FN4O.C23H36N4O/c1-15(14-29-27-11-12-28-29)20-5-6-21-19-4-3-16-13-24(30,22(25)26)10-8-17(16)18(19)7-9-23(20,21)2;1-16(13-28-26-15-25-27-28)21-6-7-22-20-5-4-17-12-24(29,14-30-3)11-9-18(17)19(20)8-10-23(21,22)2;1-15(12-28-26-14-25-27-28)20-5-6-21-19-4-3-16-11-23(29,13-24)10-8-17(16)18(19)7-9-22(20,21)2;1-15(13-27-25-14-24-26-27)20-6-7-21-19-5-4-16-12-22(2,28)10-8-17(16)18(19)9-11-23(20,21)3/h11-12,16-22,30H,1,3-10,13-14H2,2H3;15,17-22,29H,1,4-14H2,2-3H3;14,16-21,29H,1,3-13H2,2H3;14,16-21,28H,1,4-13H2,2-3H3/t16-,17+,18-,19-,20-,21+,23-,24-;17-,18+,19-,20-,21-,22+,23-,24-;2*16-,17+,18-,19-,20-,21+,22-,23-/m1111/s1. The first-order valence-electron chi connectivity index (χ1n) is 47.0. The van der Waals surface area contributed by atoms with Gasteiger partial charge in [-0.2, -0.15) is 29.4 Å². The van der Waals surface area contributed by atoms with Crippen molar-refractivity contribution >= 4 is 0 Å².